The quantitative estimate of drug-likeness (QED) is 0.539. The van der Waals surface area contributed by atoms with Crippen LogP contribution in [0.3, 0.4) is 0 Å². The number of amides is 3. The van der Waals surface area contributed by atoms with Crippen LogP contribution in [-0.4, -0.2) is 67.9 Å². The van der Waals surface area contributed by atoms with Crippen molar-refractivity contribution in [2.75, 3.05) is 38.6 Å². The number of rotatable bonds is 8. The summed E-state index contributed by atoms with van der Waals surface area (Å²) in [5.41, 5.74) is 0.902. The Bertz CT molecular complexity index is 765. The average molecular weight is 404 g/mol. The second-order valence-electron chi connectivity index (χ2n) is 7.27. The summed E-state index contributed by atoms with van der Waals surface area (Å²) in [7, 11) is 1.53. The molecule has 1 fully saturated rings. The molecule has 3 N–H and O–H groups in total. The van der Waals surface area contributed by atoms with E-state index in [0.717, 1.165) is 0 Å². The van der Waals surface area contributed by atoms with Gasteiger partial charge in [-0.15, -0.1) is 0 Å². The fourth-order valence-corrected chi connectivity index (χ4v) is 2.92. The van der Waals surface area contributed by atoms with E-state index in [1.807, 2.05) is 13.8 Å². The van der Waals surface area contributed by atoms with Crippen LogP contribution in [0.4, 0.5) is 5.69 Å². The topological polar surface area (TPSA) is 117 Å². The molecular weight excluding hydrogens is 376 g/mol. The van der Waals surface area contributed by atoms with Crippen LogP contribution in [-0.2, 0) is 19.1 Å². The van der Waals surface area contributed by atoms with Crippen LogP contribution in [0.1, 0.15) is 30.6 Å². The summed E-state index contributed by atoms with van der Waals surface area (Å²) in [5.74, 6) is -1.16. The molecule has 1 aromatic rings. The number of nitrogens with zero attached hydrogens (tertiary/aromatic N) is 1. The highest BCUT2D eigenvalue weighted by atomic mass is 16.5. The third-order valence-corrected chi connectivity index (χ3v) is 4.36. The number of carbonyl (C=O) groups excluding carboxylic acids is 4. The fourth-order valence-electron chi connectivity index (χ4n) is 2.92. The Hall–Kier alpha value is -2.94. The Kier molecular flexibility index (Phi) is 8.14. The molecule has 0 spiro atoms. The van der Waals surface area contributed by atoms with Gasteiger partial charge in [0.25, 0.3) is 5.91 Å². The van der Waals surface area contributed by atoms with E-state index >= 15 is 0 Å². The van der Waals surface area contributed by atoms with Crippen molar-refractivity contribution < 1.29 is 23.9 Å². The zero-order valence-corrected chi connectivity index (χ0v) is 17.0. The molecule has 158 valence electrons. The first kappa shape index (κ1) is 22.4. The number of nitrogens with one attached hydrogen (secondary N) is 3. The minimum atomic E-state index is -0.758. The highest BCUT2D eigenvalue weighted by Crippen LogP contribution is 2.13. The van der Waals surface area contributed by atoms with Gasteiger partial charge in [0.1, 0.15) is 6.04 Å². The zero-order valence-electron chi connectivity index (χ0n) is 17.0. The van der Waals surface area contributed by atoms with Gasteiger partial charge in [-0.1, -0.05) is 19.9 Å². The Morgan fingerprint density at radius 1 is 1.31 bits per heavy atom. The van der Waals surface area contributed by atoms with E-state index in [2.05, 4.69) is 16.0 Å². The van der Waals surface area contributed by atoms with Gasteiger partial charge in [-0.25, -0.2) is 0 Å². The van der Waals surface area contributed by atoms with Gasteiger partial charge in [-0.2, -0.15) is 0 Å². The van der Waals surface area contributed by atoms with Gasteiger partial charge in [0.15, 0.2) is 0 Å². The Labute approximate surface area is 170 Å². The van der Waals surface area contributed by atoms with Gasteiger partial charge in [0.2, 0.25) is 11.8 Å². The summed E-state index contributed by atoms with van der Waals surface area (Å²) in [5, 5.41) is 7.97. The maximum absolute atomic E-state index is 12.5. The summed E-state index contributed by atoms with van der Waals surface area (Å²) in [6.07, 6.45) is -0.113. The molecular formula is C20H28N4O5. The number of esters is 1. The SMILES string of the molecule is CNC(=O)c1cccc(NC(=O)CN2CCNC(=O)C2CC(=O)OCC(C)C)c1. The van der Waals surface area contributed by atoms with Gasteiger partial charge >= 0.3 is 5.97 Å². The largest absolute Gasteiger partial charge is 0.465 e. The molecule has 9 heteroatoms. The van der Waals surface area contributed by atoms with Crippen molar-refractivity contribution in [3.63, 3.8) is 0 Å². The number of piperazine rings is 1. The van der Waals surface area contributed by atoms with Crippen molar-refractivity contribution >= 4 is 29.4 Å². The third-order valence-electron chi connectivity index (χ3n) is 4.36. The van der Waals surface area contributed by atoms with Gasteiger partial charge in [-0.3, -0.25) is 24.1 Å². The van der Waals surface area contributed by atoms with Crippen LogP contribution in [0, 0.1) is 5.92 Å². The molecule has 1 atom stereocenters. The summed E-state index contributed by atoms with van der Waals surface area (Å²) in [6.45, 7) is 4.93. The number of anilines is 1. The number of benzene rings is 1. The van der Waals surface area contributed by atoms with Crippen molar-refractivity contribution in [3.05, 3.63) is 29.8 Å². The van der Waals surface area contributed by atoms with E-state index in [1.165, 1.54) is 7.05 Å². The number of hydrogen-bond donors (Lipinski definition) is 3. The highest BCUT2D eigenvalue weighted by molar-refractivity contribution is 5.97. The fraction of sp³-hybridized carbons (Fsp3) is 0.500. The average Bonchev–Trinajstić information content (AvgIpc) is 2.68. The lowest BCUT2D eigenvalue weighted by Gasteiger charge is -2.33. The molecule has 0 bridgehead atoms. The molecule has 0 saturated carbocycles. The van der Waals surface area contributed by atoms with Crippen LogP contribution in [0.25, 0.3) is 0 Å². The number of ether oxygens (including phenoxy) is 1. The van der Waals surface area contributed by atoms with E-state index in [9.17, 15) is 19.2 Å². The predicted octanol–water partition coefficient (Wildman–Crippen LogP) is 0.374. The second kappa shape index (κ2) is 10.6. The van der Waals surface area contributed by atoms with E-state index in [-0.39, 0.29) is 43.2 Å². The minimum absolute atomic E-state index is 0.0558. The Balaban J connectivity index is 1.98. The van der Waals surface area contributed by atoms with Gasteiger partial charge in [0.05, 0.1) is 19.6 Å². The maximum atomic E-state index is 12.5. The first-order chi connectivity index (χ1) is 13.8. The molecule has 1 unspecified atom stereocenters. The molecule has 0 radical (unpaired) electrons. The van der Waals surface area contributed by atoms with Crippen molar-refractivity contribution in [1.29, 1.82) is 0 Å². The summed E-state index contributed by atoms with van der Waals surface area (Å²) >= 11 is 0. The first-order valence-electron chi connectivity index (χ1n) is 9.59. The molecule has 29 heavy (non-hydrogen) atoms. The van der Waals surface area contributed by atoms with E-state index in [1.54, 1.807) is 29.2 Å². The molecule has 1 saturated heterocycles. The monoisotopic (exact) mass is 404 g/mol. The lowest BCUT2D eigenvalue weighted by molar-refractivity contribution is -0.149. The molecule has 0 aliphatic carbocycles. The molecule has 1 aromatic carbocycles. The standard InChI is InChI=1S/C20H28N4O5/c1-13(2)12-29-18(26)10-16-20(28)22-7-8-24(16)11-17(25)23-15-6-4-5-14(9-15)19(27)21-3/h4-6,9,13,16H,7-8,10-12H2,1-3H3,(H,21,27)(H,22,28)(H,23,25). The highest BCUT2D eigenvalue weighted by Gasteiger charge is 2.33. The van der Waals surface area contributed by atoms with Crippen LogP contribution < -0.4 is 16.0 Å². The molecule has 3 amide bonds. The van der Waals surface area contributed by atoms with E-state index < -0.39 is 12.0 Å². The lowest BCUT2D eigenvalue weighted by Crippen LogP contribution is -2.57. The van der Waals surface area contributed by atoms with E-state index in [0.29, 0.717) is 24.3 Å². The summed E-state index contributed by atoms with van der Waals surface area (Å²) < 4.78 is 5.17. The Morgan fingerprint density at radius 3 is 2.76 bits per heavy atom. The zero-order chi connectivity index (χ0) is 21.4. The van der Waals surface area contributed by atoms with Crippen molar-refractivity contribution in [2.45, 2.75) is 26.3 Å². The van der Waals surface area contributed by atoms with Crippen LogP contribution in [0.2, 0.25) is 0 Å². The normalized spacial score (nSPS) is 16.8. The predicted molar refractivity (Wildman–Crippen MR) is 107 cm³/mol. The lowest BCUT2D eigenvalue weighted by atomic mass is 10.1. The second-order valence-corrected chi connectivity index (χ2v) is 7.27. The molecule has 1 aliphatic rings. The molecule has 1 aliphatic heterocycles. The van der Waals surface area contributed by atoms with Crippen LogP contribution in [0.5, 0.6) is 0 Å². The summed E-state index contributed by atoms with van der Waals surface area (Å²) in [6, 6.07) is 5.80. The molecule has 1 heterocycles. The summed E-state index contributed by atoms with van der Waals surface area (Å²) in [4.78, 5) is 50.1. The van der Waals surface area contributed by atoms with Gasteiger partial charge in [-0.05, 0) is 24.1 Å². The molecule has 2 rings (SSSR count). The van der Waals surface area contributed by atoms with Gasteiger partial charge < -0.3 is 20.7 Å². The van der Waals surface area contributed by atoms with Crippen LogP contribution >= 0.6 is 0 Å². The molecule has 0 aromatic heterocycles. The number of carbonyl (C=O) groups is 4. The number of hydrogen-bond acceptors (Lipinski definition) is 6. The van der Waals surface area contributed by atoms with Crippen LogP contribution in [0.15, 0.2) is 24.3 Å². The first-order valence-corrected chi connectivity index (χ1v) is 9.59. The maximum Gasteiger partial charge on any atom is 0.307 e. The van der Waals surface area contributed by atoms with Gasteiger partial charge in [0, 0.05) is 31.4 Å². The smallest absolute Gasteiger partial charge is 0.307 e. The minimum Gasteiger partial charge on any atom is -0.465 e. The van der Waals surface area contributed by atoms with E-state index in [4.69, 9.17) is 4.74 Å². The van der Waals surface area contributed by atoms with Crippen molar-refractivity contribution in [2.24, 2.45) is 5.92 Å². The van der Waals surface area contributed by atoms with Crippen molar-refractivity contribution in [3.8, 4) is 0 Å². The van der Waals surface area contributed by atoms with Crippen molar-refractivity contribution in [1.82, 2.24) is 15.5 Å². The Morgan fingerprint density at radius 2 is 2.07 bits per heavy atom. The third kappa shape index (κ3) is 6.86. The molecule has 9 nitrogen and oxygen atoms in total.